The van der Waals surface area contributed by atoms with Crippen LogP contribution in [-0.4, -0.2) is 36.2 Å². The molecule has 2 amide bonds. The second-order valence-corrected chi connectivity index (χ2v) is 5.32. The number of nitrogens with zero attached hydrogens (tertiary/aromatic N) is 1. The second kappa shape index (κ2) is 8.19. The third-order valence-corrected chi connectivity index (χ3v) is 3.52. The minimum Gasteiger partial charge on any atom is -0.489 e. The van der Waals surface area contributed by atoms with Crippen LogP contribution in [0.1, 0.15) is 11.1 Å². The third kappa shape index (κ3) is 5.00. The Kier molecular flexibility index (Phi) is 6.00. The molecule has 2 aromatic carbocycles. The van der Waals surface area contributed by atoms with E-state index in [4.69, 9.17) is 9.84 Å². The summed E-state index contributed by atoms with van der Waals surface area (Å²) in [6.45, 7) is 2.75. The molecule has 2 rings (SSSR count). The van der Waals surface area contributed by atoms with E-state index in [1.165, 1.54) is 10.5 Å². The van der Waals surface area contributed by atoms with Gasteiger partial charge in [-0.25, -0.2) is 4.79 Å². The zero-order valence-electron chi connectivity index (χ0n) is 13.5. The third-order valence-electron chi connectivity index (χ3n) is 3.52. The number of ether oxygens (including phenoxy) is 1. The van der Waals surface area contributed by atoms with Crippen molar-refractivity contribution in [3.63, 3.8) is 0 Å². The van der Waals surface area contributed by atoms with E-state index in [9.17, 15) is 4.79 Å². The van der Waals surface area contributed by atoms with Crippen molar-refractivity contribution in [2.24, 2.45) is 0 Å². The number of aliphatic hydroxyl groups is 1. The molecule has 122 valence electrons. The van der Waals surface area contributed by atoms with E-state index in [-0.39, 0.29) is 19.2 Å². The zero-order chi connectivity index (χ0) is 16.7. The van der Waals surface area contributed by atoms with E-state index >= 15 is 0 Å². The van der Waals surface area contributed by atoms with Gasteiger partial charge in [-0.05, 0) is 30.2 Å². The summed E-state index contributed by atoms with van der Waals surface area (Å²) in [7, 11) is 1.63. The molecule has 0 aliphatic rings. The first kappa shape index (κ1) is 16.8. The average molecular weight is 314 g/mol. The summed E-state index contributed by atoms with van der Waals surface area (Å²) < 4.78 is 5.80. The topological polar surface area (TPSA) is 61.8 Å². The number of carbonyl (C=O) groups is 1. The summed E-state index contributed by atoms with van der Waals surface area (Å²) in [5.74, 6) is 0.691. The molecule has 0 bridgehead atoms. The highest BCUT2D eigenvalue weighted by molar-refractivity contribution is 5.89. The number of anilines is 1. The lowest BCUT2D eigenvalue weighted by atomic mass is 10.1. The molecule has 0 aliphatic heterocycles. The Morgan fingerprint density at radius 3 is 2.74 bits per heavy atom. The van der Waals surface area contributed by atoms with Crippen LogP contribution in [0, 0.1) is 6.92 Å². The molecular weight excluding hydrogens is 292 g/mol. The smallest absolute Gasteiger partial charge is 0.321 e. The van der Waals surface area contributed by atoms with Crippen LogP contribution in [0.2, 0.25) is 0 Å². The largest absolute Gasteiger partial charge is 0.489 e. The van der Waals surface area contributed by atoms with Crippen LogP contribution in [-0.2, 0) is 6.61 Å². The molecule has 0 unspecified atom stereocenters. The van der Waals surface area contributed by atoms with Crippen molar-refractivity contribution < 1.29 is 14.6 Å². The zero-order valence-corrected chi connectivity index (χ0v) is 13.5. The van der Waals surface area contributed by atoms with Crippen LogP contribution < -0.4 is 10.1 Å². The second-order valence-electron chi connectivity index (χ2n) is 5.32. The number of aliphatic hydroxyl groups excluding tert-OH is 1. The molecular formula is C18H22N2O3. The van der Waals surface area contributed by atoms with Gasteiger partial charge in [-0.1, -0.05) is 30.3 Å². The Morgan fingerprint density at radius 2 is 2.00 bits per heavy atom. The summed E-state index contributed by atoms with van der Waals surface area (Å²) >= 11 is 0. The summed E-state index contributed by atoms with van der Waals surface area (Å²) in [6, 6.07) is 15.1. The molecule has 0 aromatic heterocycles. The minimum absolute atomic E-state index is 0.0660. The highest BCUT2D eigenvalue weighted by atomic mass is 16.5. The molecule has 23 heavy (non-hydrogen) atoms. The number of urea groups is 1. The number of likely N-dealkylation sites (N-methyl/N-ethyl adjacent to an activating group) is 1. The van der Waals surface area contributed by atoms with Crippen LogP contribution in [0.3, 0.4) is 0 Å². The predicted octanol–water partition coefficient (Wildman–Crippen LogP) is 3.03. The standard InChI is InChI=1S/C18H22N2O3/c1-14-6-3-4-7-15(14)13-23-17-9-5-8-16(12-17)19-18(22)20(2)10-11-21/h3-9,12,21H,10-11,13H2,1-2H3,(H,19,22). The molecule has 0 heterocycles. The summed E-state index contributed by atoms with van der Waals surface area (Å²) in [5, 5.41) is 11.6. The maximum Gasteiger partial charge on any atom is 0.321 e. The average Bonchev–Trinajstić information content (AvgIpc) is 2.54. The number of rotatable bonds is 6. The molecule has 2 N–H and O–H groups in total. The van der Waals surface area contributed by atoms with Crippen LogP contribution >= 0.6 is 0 Å². The number of hydrogen-bond donors (Lipinski definition) is 2. The maximum atomic E-state index is 11.9. The monoisotopic (exact) mass is 314 g/mol. The molecule has 0 radical (unpaired) electrons. The van der Waals surface area contributed by atoms with Gasteiger partial charge in [0.25, 0.3) is 0 Å². The van der Waals surface area contributed by atoms with Crippen molar-refractivity contribution in [1.82, 2.24) is 4.90 Å². The highest BCUT2D eigenvalue weighted by Crippen LogP contribution is 2.19. The van der Waals surface area contributed by atoms with Gasteiger partial charge < -0.3 is 20.1 Å². The van der Waals surface area contributed by atoms with Gasteiger partial charge in [0.1, 0.15) is 12.4 Å². The predicted molar refractivity (Wildman–Crippen MR) is 90.7 cm³/mol. The fourth-order valence-corrected chi connectivity index (χ4v) is 2.07. The Morgan fingerprint density at radius 1 is 1.22 bits per heavy atom. The fraction of sp³-hybridized carbons (Fsp3) is 0.278. The van der Waals surface area contributed by atoms with Crippen molar-refractivity contribution in [3.05, 3.63) is 59.7 Å². The van der Waals surface area contributed by atoms with Crippen molar-refractivity contribution >= 4 is 11.7 Å². The van der Waals surface area contributed by atoms with Crippen molar-refractivity contribution in [1.29, 1.82) is 0 Å². The summed E-state index contributed by atoms with van der Waals surface area (Å²) in [4.78, 5) is 13.3. The lowest BCUT2D eigenvalue weighted by Gasteiger charge is -2.17. The number of carbonyl (C=O) groups excluding carboxylic acids is 1. The van der Waals surface area contributed by atoms with Crippen LogP contribution in [0.4, 0.5) is 10.5 Å². The normalized spacial score (nSPS) is 10.2. The molecule has 0 spiro atoms. The molecule has 0 saturated carbocycles. The van der Waals surface area contributed by atoms with Gasteiger partial charge in [0.05, 0.1) is 6.61 Å². The highest BCUT2D eigenvalue weighted by Gasteiger charge is 2.08. The first-order valence-electron chi connectivity index (χ1n) is 7.50. The summed E-state index contributed by atoms with van der Waals surface area (Å²) in [5.41, 5.74) is 2.97. The van der Waals surface area contributed by atoms with Crippen LogP contribution in [0.5, 0.6) is 5.75 Å². The molecule has 0 aliphatic carbocycles. The summed E-state index contributed by atoms with van der Waals surface area (Å²) in [6.07, 6.45) is 0. The maximum absolute atomic E-state index is 11.9. The van der Waals surface area contributed by atoms with E-state index < -0.39 is 0 Å². The molecule has 2 aromatic rings. The van der Waals surface area contributed by atoms with Gasteiger partial charge in [-0.3, -0.25) is 0 Å². The Labute approximate surface area is 136 Å². The molecule has 0 saturated heterocycles. The number of benzene rings is 2. The van der Waals surface area contributed by atoms with Gasteiger partial charge >= 0.3 is 6.03 Å². The van der Waals surface area contributed by atoms with Crippen molar-refractivity contribution in [2.45, 2.75) is 13.5 Å². The molecule has 0 fully saturated rings. The van der Waals surface area contributed by atoms with Gasteiger partial charge in [-0.15, -0.1) is 0 Å². The van der Waals surface area contributed by atoms with E-state index in [0.29, 0.717) is 18.0 Å². The Balaban J connectivity index is 1.97. The van der Waals surface area contributed by atoms with Crippen molar-refractivity contribution in [3.8, 4) is 5.75 Å². The first-order valence-corrected chi connectivity index (χ1v) is 7.50. The van der Waals surface area contributed by atoms with Gasteiger partial charge in [0.2, 0.25) is 0 Å². The minimum atomic E-state index is -0.268. The molecule has 5 nitrogen and oxygen atoms in total. The number of nitrogens with one attached hydrogen (secondary N) is 1. The lowest BCUT2D eigenvalue weighted by Crippen LogP contribution is -2.33. The fourth-order valence-electron chi connectivity index (χ4n) is 2.07. The number of aryl methyl sites for hydroxylation is 1. The van der Waals surface area contributed by atoms with Gasteiger partial charge in [0, 0.05) is 25.3 Å². The van der Waals surface area contributed by atoms with E-state index in [1.54, 1.807) is 19.2 Å². The van der Waals surface area contributed by atoms with Gasteiger partial charge in [0.15, 0.2) is 0 Å². The van der Waals surface area contributed by atoms with Gasteiger partial charge in [-0.2, -0.15) is 0 Å². The Hall–Kier alpha value is -2.53. The Bertz CT molecular complexity index is 658. The number of hydrogen-bond acceptors (Lipinski definition) is 3. The van der Waals surface area contributed by atoms with E-state index in [1.807, 2.05) is 43.3 Å². The van der Waals surface area contributed by atoms with Crippen LogP contribution in [0.15, 0.2) is 48.5 Å². The van der Waals surface area contributed by atoms with E-state index in [0.717, 1.165) is 5.56 Å². The first-order chi connectivity index (χ1) is 11.1. The SMILES string of the molecule is Cc1ccccc1COc1cccc(NC(=O)N(C)CCO)c1. The van der Waals surface area contributed by atoms with E-state index in [2.05, 4.69) is 5.32 Å². The quantitative estimate of drug-likeness (QED) is 0.861. The molecule has 0 atom stereocenters. The lowest BCUT2D eigenvalue weighted by molar-refractivity contribution is 0.202. The number of amides is 2. The van der Waals surface area contributed by atoms with Crippen molar-refractivity contribution in [2.75, 3.05) is 25.5 Å². The molecule has 5 heteroatoms. The van der Waals surface area contributed by atoms with Crippen LogP contribution in [0.25, 0.3) is 0 Å².